The minimum absolute atomic E-state index is 0.0360. The van der Waals surface area contributed by atoms with Crippen molar-refractivity contribution in [1.82, 2.24) is 10.6 Å². The van der Waals surface area contributed by atoms with Crippen LogP contribution >= 0.6 is 0 Å². The molecule has 0 aromatic carbocycles. The predicted molar refractivity (Wildman–Crippen MR) is 69.0 cm³/mol. The van der Waals surface area contributed by atoms with E-state index in [1.165, 1.54) is 0 Å². The molecule has 1 fully saturated rings. The van der Waals surface area contributed by atoms with Gasteiger partial charge in [-0.05, 0) is 20.8 Å². The van der Waals surface area contributed by atoms with Gasteiger partial charge in [0, 0.05) is 20.2 Å². The third-order valence-electron chi connectivity index (χ3n) is 2.18. The van der Waals surface area contributed by atoms with E-state index in [4.69, 9.17) is 15.6 Å². The average Bonchev–Trinajstić information content (AvgIpc) is 2.60. The zero-order valence-corrected chi connectivity index (χ0v) is 11.7. The second-order valence-electron chi connectivity index (χ2n) is 5.02. The summed E-state index contributed by atoms with van der Waals surface area (Å²) < 4.78 is 9.61. The quantitative estimate of drug-likeness (QED) is 0.568. The molecule has 0 radical (unpaired) electrons. The standard InChI is InChI=1S/C6H12N2O3.C5H11NO2/c1-11-5-3-7-2-4(5)8-6(9)10;1-5(2,3)8-4(6)7/h4-5,7-8H,2-3H2,1H3,(H,9,10);1-3H3,(H2,6,7)/t4-,5-;/m1./s1. The molecule has 19 heavy (non-hydrogen) atoms. The van der Waals surface area contributed by atoms with Crippen LogP contribution in [0.15, 0.2) is 0 Å². The molecule has 2 atom stereocenters. The van der Waals surface area contributed by atoms with Crippen molar-refractivity contribution in [3.05, 3.63) is 0 Å². The fourth-order valence-corrected chi connectivity index (χ4v) is 1.51. The second kappa shape index (κ2) is 7.80. The third-order valence-corrected chi connectivity index (χ3v) is 2.18. The smallest absolute Gasteiger partial charge is 0.405 e. The normalized spacial score (nSPS) is 22.1. The Bertz CT molecular complexity index is 303. The molecule has 2 amide bonds. The van der Waals surface area contributed by atoms with Crippen LogP contribution in [-0.2, 0) is 9.47 Å². The van der Waals surface area contributed by atoms with Crippen molar-refractivity contribution in [2.75, 3.05) is 20.2 Å². The van der Waals surface area contributed by atoms with Crippen LogP contribution in [0.4, 0.5) is 9.59 Å². The van der Waals surface area contributed by atoms with Gasteiger partial charge in [-0.3, -0.25) is 0 Å². The summed E-state index contributed by atoms with van der Waals surface area (Å²) in [4.78, 5) is 20.2. The first-order valence-electron chi connectivity index (χ1n) is 5.87. The highest BCUT2D eigenvalue weighted by molar-refractivity contribution is 5.65. The Balaban J connectivity index is 0.000000362. The molecule has 8 heteroatoms. The molecule has 1 heterocycles. The van der Waals surface area contributed by atoms with Crippen LogP contribution in [-0.4, -0.2) is 55.2 Å². The number of methoxy groups -OCH3 is 1. The zero-order chi connectivity index (χ0) is 15.1. The van der Waals surface area contributed by atoms with Gasteiger partial charge in [-0.15, -0.1) is 0 Å². The van der Waals surface area contributed by atoms with Crippen LogP contribution in [0.3, 0.4) is 0 Å². The summed E-state index contributed by atoms with van der Waals surface area (Å²) in [6.45, 7) is 6.64. The van der Waals surface area contributed by atoms with E-state index in [0.717, 1.165) is 0 Å². The Morgan fingerprint density at radius 3 is 2.26 bits per heavy atom. The molecule has 1 aliphatic heterocycles. The van der Waals surface area contributed by atoms with E-state index in [-0.39, 0.29) is 12.1 Å². The van der Waals surface area contributed by atoms with E-state index in [0.29, 0.717) is 13.1 Å². The largest absolute Gasteiger partial charge is 0.465 e. The molecule has 0 aromatic heterocycles. The highest BCUT2D eigenvalue weighted by Gasteiger charge is 2.27. The number of amides is 2. The number of nitrogens with one attached hydrogen (secondary N) is 2. The molecule has 0 saturated carbocycles. The van der Waals surface area contributed by atoms with Gasteiger partial charge in [-0.2, -0.15) is 0 Å². The zero-order valence-electron chi connectivity index (χ0n) is 11.7. The molecular weight excluding hydrogens is 254 g/mol. The summed E-state index contributed by atoms with van der Waals surface area (Å²) >= 11 is 0. The first-order chi connectivity index (χ1) is 8.65. The van der Waals surface area contributed by atoms with E-state index in [1.54, 1.807) is 27.9 Å². The minimum atomic E-state index is -0.999. The van der Waals surface area contributed by atoms with Gasteiger partial charge in [0.2, 0.25) is 0 Å². The van der Waals surface area contributed by atoms with E-state index >= 15 is 0 Å². The molecule has 0 spiro atoms. The first-order valence-corrected chi connectivity index (χ1v) is 5.87. The number of primary amides is 1. The molecule has 1 aliphatic rings. The lowest BCUT2D eigenvalue weighted by Crippen LogP contribution is -2.42. The van der Waals surface area contributed by atoms with Crippen LogP contribution in [0.5, 0.6) is 0 Å². The molecule has 112 valence electrons. The van der Waals surface area contributed by atoms with Crippen LogP contribution in [0, 0.1) is 0 Å². The van der Waals surface area contributed by atoms with E-state index in [1.807, 2.05) is 0 Å². The second-order valence-corrected chi connectivity index (χ2v) is 5.02. The summed E-state index contributed by atoms with van der Waals surface area (Å²) in [5, 5.41) is 13.8. The van der Waals surface area contributed by atoms with Gasteiger partial charge in [-0.25, -0.2) is 9.59 Å². The number of rotatable bonds is 2. The minimum Gasteiger partial charge on any atom is -0.465 e. The number of ether oxygens (including phenoxy) is 2. The Kier molecular flexibility index (Phi) is 7.17. The Morgan fingerprint density at radius 2 is 1.95 bits per heavy atom. The van der Waals surface area contributed by atoms with Crippen molar-refractivity contribution >= 4 is 12.2 Å². The number of hydrogen-bond donors (Lipinski definition) is 4. The summed E-state index contributed by atoms with van der Waals surface area (Å²) in [5.41, 5.74) is 4.26. The topological polar surface area (TPSA) is 123 Å². The monoisotopic (exact) mass is 277 g/mol. The van der Waals surface area contributed by atoms with Crippen LogP contribution in [0.1, 0.15) is 20.8 Å². The highest BCUT2D eigenvalue weighted by atomic mass is 16.6. The summed E-state index contributed by atoms with van der Waals surface area (Å²) in [7, 11) is 1.58. The first kappa shape index (κ1) is 17.5. The van der Waals surface area contributed by atoms with Crippen LogP contribution < -0.4 is 16.4 Å². The maximum Gasteiger partial charge on any atom is 0.405 e. The van der Waals surface area contributed by atoms with E-state index < -0.39 is 17.8 Å². The van der Waals surface area contributed by atoms with Crippen molar-refractivity contribution in [3.63, 3.8) is 0 Å². The molecule has 1 rings (SSSR count). The lowest BCUT2D eigenvalue weighted by molar-refractivity contribution is 0.0600. The number of carbonyl (C=O) groups is 2. The summed E-state index contributed by atoms with van der Waals surface area (Å²) in [6.07, 6.45) is -1.76. The van der Waals surface area contributed by atoms with Crippen molar-refractivity contribution in [2.24, 2.45) is 5.73 Å². The number of hydrogen-bond acceptors (Lipinski definition) is 5. The maximum atomic E-state index is 10.2. The molecule has 0 aromatic rings. The molecule has 0 unspecified atom stereocenters. The molecule has 5 N–H and O–H groups in total. The lowest BCUT2D eigenvalue weighted by atomic mass is 10.2. The van der Waals surface area contributed by atoms with Gasteiger partial charge in [0.1, 0.15) is 5.60 Å². The SMILES string of the molecule is CC(C)(C)OC(N)=O.CO[C@@H]1CNC[C@H]1NC(=O)O. The Morgan fingerprint density at radius 1 is 1.37 bits per heavy atom. The van der Waals surface area contributed by atoms with Gasteiger partial charge >= 0.3 is 12.2 Å². The van der Waals surface area contributed by atoms with Gasteiger partial charge in [-0.1, -0.05) is 0 Å². The van der Waals surface area contributed by atoms with Gasteiger partial charge in [0.15, 0.2) is 0 Å². The summed E-state index contributed by atoms with van der Waals surface area (Å²) in [6, 6.07) is -0.113. The fraction of sp³-hybridized carbons (Fsp3) is 0.818. The average molecular weight is 277 g/mol. The molecule has 0 aliphatic carbocycles. The van der Waals surface area contributed by atoms with E-state index in [9.17, 15) is 9.59 Å². The van der Waals surface area contributed by atoms with Crippen LogP contribution in [0.25, 0.3) is 0 Å². The Labute approximate surface area is 112 Å². The molecular formula is C11H23N3O5. The van der Waals surface area contributed by atoms with Crippen molar-refractivity contribution in [1.29, 1.82) is 0 Å². The predicted octanol–water partition coefficient (Wildman–Crippen LogP) is 0.121. The maximum absolute atomic E-state index is 10.2. The number of carboxylic acid groups (broad SMARTS) is 1. The third kappa shape index (κ3) is 9.09. The van der Waals surface area contributed by atoms with Crippen molar-refractivity contribution in [3.8, 4) is 0 Å². The van der Waals surface area contributed by atoms with Gasteiger partial charge in [0.25, 0.3) is 0 Å². The van der Waals surface area contributed by atoms with E-state index in [2.05, 4.69) is 15.4 Å². The fourth-order valence-electron chi connectivity index (χ4n) is 1.51. The van der Waals surface area contributed by atoms with Crippen molar-refractivity contribution < 1.29 is 24.2 Å². The lowest BCUT2D eigenvalue weighted by Gasteiger charge is -2.16. The van der Waals surface area contributed by atoms with Gasteiger partial charge in [0.05, 0.1) is 12.1 Å². The number of nitrogens with two attached hydrogens (primary N) is 1. The molecule has 1 saturated heterocycles. The van der Waals surface area contributed by atoms with Gasteiger partial charge < -0.3 is 30.9 Å². The molecule has 0 bridgehead atoms. The number of carbonyl (C=O) groups excluding carboxylic acids is 1. The highest BCUT2D eigenvalue weighted by Crippen LogP contribution is 2.05. The summed E-state index contributed by atoms with van der Waals surface area (Å²) in [5.74, 6) is 0. The van der Waals surface area contributed by atoms with Crippen molar-refractivity contribution in [2.45, 2.75) is 38.5 Å². The Hall–Kier alpha value is -1.54. The van der Waals surface area contributed by atoms with Crippen LogP contribution in [0.2, 0.25) is 0 Å². The molecule has 8 nitrogen and oxygen atoms in total.